The van der Waals surface area contributed by atoms with E-state index in [-0.39, 0.29) is 33.2 Å². The first kappa shape index (κ1) is 13.3. The van der Waals surface area contributed by atoms with Gasteiger partial charge in [-0.1, -0.05) is 23.2 Å². The monoisotopic (exact) mass is 300 g/mol. The smallest absolute Gasteiger partial charge is 0.289 e. The van der Waals surface area contributed by atoms with Gasteiger partial charge >= 0.3 is 0 Å². The number of nitrogen functional groups attached to an aromatic ring is 1. The topological polar surface area (TPSA) is 104 Å². The fourth-order valence-corrected chi connectivity index (χ4v) is 1.69. The molecule has 0 unspecified atom stereocenters. The lowest BCUT2D eigenvalue weighted by Gasteiger charge is -2.07. The molecule has 1 heterocycles. The number of benzene rings is 1. The highest BCUT2D eigenvalue weighted by molar-refractivity contribution is 6.44. The standard InChI is InChI=1S/C10H6Cl2N4O3/c11-9-5(16(17)18)1-2-6(10(9)12)19-8-3-7(13)14-4-15-8/h1-4H,(H2,13,14,15). The molecule has 19 heavy (non-hydrogen) atoms. The molecule has 0 fully saturated rings. The highest BCUT2D eigenvalue weighted by Crippen LogP contribution is 2.39. The Kier molecular flexibility index (Phi) is 3.68. The highest BCUT2D eigenvalue weighted by Gasteiger charge is 2.19. The molecule has 0 amide bonds. The number of rotatable bonds is 3. The molecule has 0 radical (unpaired) electrons. The van der Waals surface area contributed by atoms with Crippen molar-refractivity contribution in [3.63, 3.8) is 0 Å². The molecule has 2 N–H and O–H groups in total. The predicted octanol–water partition coefficient (Wildman–Crippen LogP) is 3.07. The van der Waals surface area contributed by atoms with Gasteiger partial charge in [0.15, 0.2) is 0 Å². The van der Waals surface area contributed by atoms with Gasteiger partial charge in [-0.2, -0.15) is 0 Å². The summed E-state index contributed by atoms with van der Waals surface area (Å²) in [6.07, 6.45) is 1.21. The van der Waals surface area contributed by atoms with E-state index in [2.05, 4.69) is 9.97 Å². The van der Waals surface area contributed by atoms with Crippen molar-refractivity contribution in [2.24, 2.45) is 0 Å². The summed E-state index contributed by atoms with van der Waals surface area (Å²) in [7, 11) is 0. The van der Waals surface area contributed by atoms with Gasteiger partial charge in [0, 0.05) is 12.1 Å². The first-order valence-electron chi connectivity index (χ1n) is 4.87. The molecule has 0 aliphatic rings. The molecule has 0 aliphatic heterocycles. The molecular formula is C10H6Cl2N4O3. The third-order valence-electron chi connectivity index (χ3n) is 2.10. The Balaban J connectivity index is 2.37. The average molecular weight is 301 g/mol. The number of nitro benzene ring substituents is 1. The minimum Gasteiger partial charge on any atom is -0.437 e. The Morgan fingerprint density at radius 2 is 2.00 bits per heavy atom. The lowest BCUT2D eigenvalue weighted by molar-refractivity contribution is -0.384. The van der Waals surface area contributed by atoms with E-state index < -0.39 is 4.92 Å². The zero-order chi connectivity index (χ0) is 14.0. The van der Waals surface area contributed by atoms with Crippen molar-refractivity contribution in [1.29, 1.82) is 0 Å². The van der Waals surface area contributed by atoms with Crippen LogP contribution in [0.15, 0.2) is 24.5 Å². The zero-order valence-corrected chi connectivity index (χ0v) is 10.7. The highest BCUT2D eigenvalue weighted by atomic mass is 35.5. The van der Waals surface area contributed by atoms with E-state index in [0.29, 0.717) is 0 Å². The maximum absolute atomic E-state index is 10.7. The molecule has 98 valence electrons. The van der Waals surface area contributed by atoms with Crippen LogP contribution in [0.4, 0.5) is 11.5 Å². The summed E-state index contributed by atoms with van der Waals surface area (Å²) < 4.78 is 5.34. The number of aromatic nitrogens is 2. The molecule has 1 aromatic heterocycles. The third kappa shape index (κ3) is 2.83. The van der Waals surface area contributed by atoms with Crippen molar-refractivity contribution in [3.05, 3.63) is 44.7 Å². The van der Waals surface area contributed by atoms with Gasteiger partial charge < -0.3 is 10.5 Å². The summed E-state index contributed by atoms with van der Waals surface area (Å²) in [5, 5.41) is 10.4. The summed E-state index contributed by atoms with van der Waals surface area (Å²) in [6, 6.07) is 3.89. The molecule has 0 aliphatic carbocycles. The van der Waals surface area contributed by atoms with Crippen molar-refractivity contribution in [2.75, 3.05) is 5.73 Å². The van der Waals surface area contributed by atoms with E-state index in [1.165, 1.54) is 24.5 Å². The van der Waals surface area contributed by atoms with Crippen LogP contribution >= 0.6 is 23.2 Å². The van der Waals surface area contributed by atoms with Crippen LogP contribution in [-0.4, -0.2) is 14.9 Å². The molecule has 2 aromatic rings. The quantitative estimate of drug-likeness (QED) is 0.690. The predicted molar refractivity (Wildman–Crippen MR) is 69.6 cm³/mol. The van der Waals surface area contributed by atoms with Gasteiger partial charge in [-0.3, -0.25) is 10.1 Å². The van der Waals surface area contributed by atoms with Crippen molar-refractivity contribution in [1.82, 2.24) is 9.97 Å². The second-order valence-electron chi connectivity index (χ2n) is 3.35. The Morgan fingerprint density at radius 1 is 1.26 bits per heavy atom. The number of nitrogens with two attached hydrogens (primary N) is 1. The van der Waals surface area contributed by atoms with E-state index in [0.717, 1.165) is 0 Å². The normalized spacial score (nSPS) is 10.2. The van der Waals surface area contributed by atoms with Crippen LogP contribution in [0.3, 0.4) is 0 Å². The first-order valence-corrected chi connectivity index (χ1v) is 5.62. The molecule has 7 nitrogen and oxygen atoms in total. The van der Waals surface area contributed by atoms with E-state index in [9.17, 15) is 10.1 Å². The molecule has 1 aromatic carbocycles. The molecule has 0 atom stereocenters. The number of halogens is 2. The minimum absolute atomic E-state index is 0.0759. The molecule has 0 saturated carbocycles. The molecule has 0 saturated heterocycles. The second-order valence-corrected chi connectivity index (χ2v) is 4.11. The van der Waals surface area contributed by atoms with E-state index in [1.54, 1.807) is 0 Å². The van der Waals surface area contributed by atoms with Crippen molar-refractivity contribution < 1.29 is 9.66 Å². The molecule has 0 spiro atoms. The maximum atomic E-state index is 10.7. The summed E-state index contributed by atoms with van der Waals surface area (Å²) in [6.45, 7) is 0. The van der Waals surface area contributed by atoms with Crippen LogP contribution < -0.4 is 10.5 Å². The molecule has 9 heteroatoms. The minimum atomic E-state index is -0.638. The van der Waals surface area contributed by atoms with Gasteiger partial charge in [0.1, 0.15) is 27.9 Å². The fourth-order valence-electron chi connectivity index (χ4n) is 1.26. The van der Waals surface area contributed by atoms with Crippen LogP contribution in [0.1, 0.15) is 0 Å². The first-order chi connectivity index (χ1) is 8.99. The molecule has 2 rings (SSSR count). The van der Waals surface area contributed by atoms with Crippen LogP contribution in [0.25, 0.3) is 0 Å². The average Bonchev–Trinajstić information content (AvgIpc) is 2.35. The van der Waals surface area contributed by atoms with Crippen molar-refractivity contribution in [2.45, 2.75) is 0 Å². The Hall–Kier alpha value is -2.12. The third-order valence-corrected chi connectivity index (χ3v) is 2.96. The molecular weight excluding hydrogens is 295 g/mol. The van der Waals surface area contributed by atoms with Crippen molar-refractivity contribution in [3.8, 4) is 11.6 Å². The van der Waals surface area contributed by atoms with Gasteiger partial charge in [0.25, 0.3) is 5.69 Å². The lowest BCUT2D eigenvalue weighted by atomic mass is 10.3. The number of hydrogen-bond donors (Lipinski definition) is 1. The van der Waals surface area contributed by atoms with Crippen LogP contribution in [0.5, 0.6) is 11.6 Å². The van der Waals surface area contributed by atoms with Gasteiger partial charge in [-0.25, -0.2) is 9.97 Å². The van der Waals surface area contributed by atoms with E-state index in [1.807, 2.05) is 0 Å². The van der Waals surface area contributed by atoms with Crippen LogP contribution in [-0.2, 0) is 0 Å². The fraction of sp³-hybridized carbons (Fsp3) is 0. The second kappa shape index (κ2) is 5.25. The number of nitrogens with zero attached hydrogens (tertiary/aromatic N) is 3. The zero-order valence-electron chi connectivity index (χ0n) is 9.21. The van der Waals surface area contributed by atoms with Crippen LogP contribution in [0.2, 0.25) is 10.0 Å². The maximum Gasteiger partial charge on any atom is 0.289 e. The van der Waals surface area contributed by atoms with Crippen LogP contribution in [0, 0.1) is 10.1 Å². The number of ether oxygens (including phenoxy) is 1. The number of nitro groups is 1. The van der Waals surface area contributed by atoms with Gasteiger partial charge in [0.05, 0.1) is 4.92 Å². The Labute approximate surface area is 117 Å². The lowest BCUT2D eigenvalue weighted by Crippen LogP contribution is -1.95. The summed E-state index contributed by atoms with van der Waals surface area (Å²) in [5.74, 6) is 0.504. The number of anilines is 1. The SMILES string of the molecule is Nc1cc(Oc2ccc([N+](=O)[O-])c(Cl)c2Cl)ncn1. The largest absolute Gasteiger partial charge is 0.437 e. The van der Waals surface area contributed by atoms with E-state index >= 15 is 0 Å². The van der Waals surface area contributed by atoms with E-state index in [4.69, 9.17) is 33.7 Å². The van der Waals surface area contributed by atoms with Gasteiger partial charge in [-0.05, 0) is 6.07 Å². The Morgan fingerprint density at radius 3 is 2.63 bits per heavy atom. The summed E-state index contributed by atoms with van der Waals surface area (Å²) in [4.78, 5) is 17.5. The number of hydrogen-bond acceptors (Lipinski definition) is 6. The summed E-state index contributed by atoms with van der Waals surface area (Å²) >= 11 is 11.7. The summed E-state index contributed by atoms with van der Waals surface area (Å²) in [5.41, 5.74) is 5.16. The van der Waals surface area contributed by atoms with Gasteiger partial charge in [0.2, 0.25) is 5.88 Å². The van der Waals surface area contributed by atoms with Crippen molar-refractivity contribution >= 4 is 34.7 Å². The van der Waals surface area contributed by atoms with Gasteiger partial charge in [-0.15, -0.1) is 0 Å². The Bertz CT molecular complexity index is 651. The molecule has 0 bridgehead atoms.